The van der Waals surface area contributed by atoms with E-state index in [1.54, 1.807) is 24.7 Å². The number of H-pyrrole nitrogens is 1. The highest BCUT2D eigenvalue weighted by Gasteiger charge is 2.14. The number of aromatic amines is 1. The third-order valence-corrected chi connectivity index (χ3v) is 4.27. The molecule has 3 aromatic heterocycles. The number of primary amides is 1. The second-order valence-electron chi connectivity index (χ2n) is 6.07. The third-order valence-electron chi connectivity index (χ3n) is 4.27. The van der Waals surface area contributed by atoms with Gasteiger partial charge in [0, 0.05) is 30.5 Å². The van der Waals surface area contributed by atoms with Gasteiger partial charge in [-0.2, -0.15) is 0 Å². The van der Waals surface area contributed by atoms with Gasteiger partial charge in [-0.25, -0.2) is 9.37 Å². The SMILES string of the molecule is NC(=O)c1cc(-c2cc(NCc3cccnc3)nc3[nH]ccc23)ccc1F. The summed E-state index contributed by atoms with van der Waals surface area (Å²) in [5, 5.41) is 4.13. The lowest BCUT2D eigenvalue weighted by molar-refractivity contribution is 0.0996. The van der Waals surface area contributed by atoms with Crippen molar-refractivity contribution >= 4 is 22.8 Å². The lowest BCUT2D eigenvalue weighted by atomic mass is 10.0. The second kappa shape index (κ2) is 6.87. The number of benzene rings is 1. The molecule has 4 rings (SSSR count). The number of nitrogens with two attached hydrogens (primary N) is 1. The molecule has 0 atom stereocenters. The number of hydrogen-bond donors (Lipinski definition) is 3. The van der Waals surface area contributed by atoms with Gasteiger partial charge in [0.1, 0.15) is 17.3 Å². The summed E-state index contributed by atoms with van der Waals surface area (Å²) in [6, 6.07) is 11.9. The first-order valence-electron chi connectivity index (χ1n) is 8.32. The number of nitrogens with one attached hydrogen (secondary N) is 2. The summed E-state index contributed by atoms with van der Waals surface area (Å²) >= 11 is 0. The average Bonchev–Trinajstić information content (AvgIpc) is 3.15. The molecule has 0 aliphatic carbocycles. The van der Waals surface area contributed by atoms with E-state index in [2.05, 4.69) is 20.3 Å². The number of anilines is 1. The topological polar surface area (TPSA) is 96.7 Å². The van der Waals surface area contributed by atoms with Gasteiger partial charge < -0.3 is 16.0 Å². The summed E-state index contributed by atoms with van der Waals surface area (Å²) < 4.78 is 13.8. The van der Waals surface area contributed by atoms with E-state index in [1.165, 1.54) is 12.1 Å². The van der Waals surface area contributed by atoms with E-state index in [-0.39, 0.29) is 5.56 Å². The van der Waals surface area contributed by atoms with Crippen LogP contribution >= 0.6 is 0 Å². The Balaban J connectivity index is 1.75. The van der Waals surface area contributed by atoms with Crippen LogP contribution in [0.15, 0.2) is 61.1 Å². The highest BCUT2D eigenvalue weighted by Crippen LogP contribution is 2.31. The zero-order valence-corrected chi connectivity index (χ0v) is 14.2. The minimum atomic E-state index is -0.802. The molecule has 3 heterocycles. The van der Waals surface area contributed by atoms with Gasteiger partial charge >= 0.3 is 0 Å². The maximum atomic E-state index is 13.8. The Morgan fingerprint density at radius 2 is 2.11 bits per heavy atom. The fourth-order valence-corrected chi connectivity index (χ4v) is 2.94. The predicted molar refractivity (Wildman–Crippen MR) is 102 cm³/mol. The summed E-state index contributed by atoms with van der Waals surface area (Å²) in [6.07, 6.45) is 5.28. The Labute approximate surface area is 154 Å². The Kier molecular flexibility index (Phi) is 4.25. The van der Waals surface area contributed by atoms with Gasteiger partial charge in [0.15, 0.2) is 0 Å². The third kappa shape index (κ3) is 3.35. The molecule has 4 N–H and O–H groups in total. The lowest BCUT2D eigenvalue weighted by Gasteiger charge is -2.10. The van der Waals surface area contributed by atoms with E-state index in [0.29, 0.717) is 23.6 Å². The molecule has 6 nitrogen and oxygen atoms in total. The monoisotopic (exact) mass is 361 g/mol. The standard InChI is InChI=1S/C20H16FN5O/c21-17-4-3-13(8-16(17)19(22)27)15-9-18(26-20-14(15)5-7-24-20)25-11-12-2-1-6-23-10-12/h1-10H,11H2,(H2,22,27)(H2,24,25,26). The zero-order chi connectivity index (χ0) is 18.8. The van der Waals surface area contributed by atoms with Crippen LogP contribution in [0.4, 0.5) is 10.2 Å². The fourth-order valence-electron chi connectivity index (χ4n) is 2.94. The Morgan fingerprint density at radius 1 is 1.22 bits per heavy atom. The molecule has 1 aromatic carbocycles. The van der Waals surface area contributed by atoms with Crippen molar-refractivity contribution in [3.63, 3.8) is 0 Å². The molecule has 0 saturated heterocycles. The molecule has 0 fully saturated rings. The molecule has 7 heteroatoms. The number of nitrogens with zero attached hydrogens (tertiary/aromatic N) is 2. The number of halogens is 1. The molecule has 0 bridgehead atoms. The number of carbonyl (C=O) groups is 1. The minimum Gasteiger partial charge on any atom is -0.366 e. The van der Waals surface area contributed by atoms with Gasteiger partial charge in [-0.05, 0) is 47.0 Å². The highest BCUT2D eigenvalue weighted by atomic mass is 19.1. The van der Waals surface area contributed by atoms with E-state index < -0.39 is 11.7 Å². The molecular weight excluding hydrogens is 345 g/mol. The Morgan fingerprint density at radius 3 is 2.89 bits per heavy atom. The first-order chi connectivity index (χ1) is 13.1. The molecule has 0 unspecified atom stereocenters. The van der Waals surface area contributed by atoms with Gasteiger partial charge in [-0.3, -0.25) is 9.78 Å². The molecule has 0 aliphatic heterocycles. The molecular formula is C20H16FN5O. The number of amides is 1. The van der Waals surface area contributed by atoms with E-state index >= 15 is 0 Å². The number of hydrogen-bond acceptors (Lipinski definition) is 4. The van der Waals surface area contributed by atoms with Crippen LogP contribution < -0.4 is 11.1 Å². The summed E-state index contributed by atoms with van der Waals surface area (Å²) in [4.78, 5) is 23.2. The molecule has 0 aliphatic rings. The fraction of sp³-hybridized carbons (Fsp3) is 0.0500. The van der Waals surface area contributed by atoms with Crippen LogP contribution in [0, 0.1) is 5.82 Å². The van der Waals surface area contributed by atoms with Gasteiger partial charge in [-0.15, -0.1) is 0 Å². The zero-order valence-electron chi connectivity index (χ0n) is 14.2. The average molecular weight is 361 g/mol. The van der Waals surface area contributed by atoms with Gasteiger partial charge in [-0.1, -0.05) is 12.1 Å². The first kappa shape index (κ1) is 16.7. The van der Waals surface area contributed by atoms with E-state index in [4.69, 9.17) is 5.73 Å². The molecule has 27 heavy (non-hydrogen) atoms. The normalized spacial score (nSPS) is 10.9. The number of carbonyl (C=O) groups excluding carboxylic acids is 1. The van der Waals surface area contributed by atoms with Crippen LogP contribution in [0.2, 0.25) is 0 Å². The summed E-state index contributed by atoms with van der Waals surface area (Å²) in [7, 11) is 0. The summed E-state index contributed by atoms with van der Waals surface area (Å²) in [6.45, 7) is 0.558. The Hall–Kier alpha value is -3.74. The van der Waals surface area contributed by atoms with Crippen molar-refractivity contribution in [2.45, 2.75) is 6.54 Å². The van der Waals surface area contributed by atoms with E-state index in [0.717, 1.165) is 16.5 Å². The van der Waals surface area contributed by atoms with Crippen LogP contribution in [0.5, 0.6) is 0 Å². The van der Waals surface area contributed by atoms with Crippen molar-refractivity contribution < 1.29 is 9.18 Å². The maximum Gasteiger partial charge on any atom is 0.251 e. The van der Waals surface area contributed by atoms with Crippen molar-refractivity contribution in [2.24, 2.45) is 5.73 Å². The van der Waals surface area contributed by atoms with Gasteiger partial charge in [0.2, 0.25) is 0 Å². The van der Waals surface area contributed by atoms with Crippen molar-refractivity contribution in [1.82, 2.24) is 15.0 Å². The number of rotatable bonds is 5. The lowest BCUT2D eigenvalue weighted by Crippen LogP contribution is -2.13. The van der Waals surface area contributed by atoms with E-state index in [1.807, 2.05) is 24.3 Å². The molecule has 4 aromatic rings. The molecule has 0 saturated carbocycles. The molecule has 134 valence electrons. The maximum absolute atomic E-state index is 13.8. The van der Waals surface area contributed by atoms with Crippen LogP contribution in [0.3, 0.4) is 0 Å². The van der Waals surface area contributed by atoms with Crippen LogP contribution in [0.1, 0.15) is 15.9 Å². The van der Waals surface area contributed by atoms with Crippen LogP contribution in [-0.2, 0) is 6.54 Å². The highest BCUT2D eigenvalue weighted by molar-refractivity contribution is 5.98. The minimum absolute atomic E-state index is 0.141. The number of fused-ring (bicyclic) bond motifs is 1. The smallest absolute Gasteiger partial charge is 0.251 e. The van der Waals surface area contributed by atoms with Gasteiger partial charge in [0.25, 0.3) is 5.91 Å². The number of pyridine rings is 2. The van der Waals surface area contributed by atoms with Gasteiger partial charge in [0.05, 0.1) is 5.56 Å². The molecule has 0 spiro atoms. The van der Waals surface area contributed by atoms with Crippen LogP contribution in [0.25, 0.3) is 22.2 Å². The van der Waals surface area contributed by atoms with Crippen LogP contribution in [-0.4, -0.2) is 20.9 Å². The largest absolute Gasteiger partial charge is 0.366 e. The summed E-state index contributed by atoms with van der Waals surface area (Å²) in [5.74, 6) is -0.794. The summed E-state index contributed by atoms with van der Waals surface area (Å²) in [5.41, 5.74) is 8.34. The first-order valence-corrected chi connectivity index (χ1v) is 8.32. The van der Waals surface area contributed by atoms with Crippen molar-refractivity contribution in [1.29, 1.82) is 0 Å². The number of aromatic nitrogens is 3. The Bertz CT molecular complexity index is 1120. The van der Waals surface area contributed by atoms with Crippen molar-refractivity contribution in [2.75, 3.05) is 5.32 Å². The quantitative estimate of drug-likeness (QED) is 0.507. The van der Waals surface area contributed by atoms with Crippen molar-refractivity contribution in [3.05, 3.63) is 78.0 Å². The second-order valence-corrected chi connectivity index (χ2v) is 6.07. The molecule has 1 amide bonds. The molecule has 0 radical (unpaired) electrons. The van der Waals surface area contributed by atoms with E-state index in [9.17, 15) is 9.18 Å². The predicted octanol–water partition coefficient (Wildman–Crippen LogP) is 3.48. The van der Waals surface area contributed by atoms with Crippen molar-refractivity contribution in [3.8, 4) is 11.1 Å².